The lowest BCUT2D eigenvalue weighted by molar-refractivity contribution is 0.585. The molecule has 0 aliphatic rings. The number of rotatable bonds is 6. The van der Waals surface area contributed by atoms with Crippen molar-refractivity contribution in [2.45, 2.75) is 26.7 Å². The van der Waals surface area contributed by atoms with Gasteiger partial charge in [-0.1, -0.05) is 49.9 Å². The van der Waals surface area contributed by atoms with Gasteiger partial charge in [-0.25, -0.2) is 4.39 Å². The zero-order valence-electron chi connectivity index (χ0n) is 10.1. The van der Waals surface area contributed by atoms with Gasteiger partial charge in [0.05, 0.1) is 0 Å². The molecule has 1 rings (SSSR count). The van der Waals surface area contributed by atoms with Gasteiger partial charge in [-0.2, -0.15) is 0 Å². The van der Waals surface area contributed by atoms with Crippen LogP contribution in [-0.2, 0) is 11.8 Å². The summed E-state index contributed by atoms with van der Waals surface area (Å²) >= 11 is 6.71. The van der Waals surface area contributed by atoms with Crippen molar-refractivity contribution in [3.05, 3.63) is 30.1 Å². The molecule has 96 valence electrons. The Kier molecular flexibility index (Phi) is 6.14. The van der Waals surface area contributed by atoms with Gasteiger partial charge in [0, 0.05) is 11.1 Å². The zero-order valence-corrected chi connectivity index (χ0v) is 12.6. The molecule has 2 atom stereocenters. The minimum atomic E-state index is -2.56. The highest BCUT2D eigenvalue weighted by Gasteiger charge is 2.18. The molecule has 0 fully saturated rings. The molecule has 0 saturated heterocycles. The predicted molar refractivity (Wildman–Crippen MR) is 79.1 cm³/mol. The SMILES string of the molecule is CCCC(C)CSP(O)(=S)c1ccc(F)cc1. The largest absolute Gasteiger partial charge is 0.354 e. The summed E-state index contributed by atoms with van der Waals surface area (Å²) in [5.74, 6) is 1.12. The number of hydrogen-bond donors (Lipinski definition) is 1. The van der Waals surface area contributed by atoms with Crippen LogP contribution in [0.5, 0.6) is 0 Å². The second kappa shape index (κ2) is 6.89. The molecule has 0 aliphatic carbocycles. The van der Waals surface area contributed by atoms with E-state index in [1.54, 1.807) is 12.1 Å². The maximum absolute atomic E-state index is 12.8. The molecule has 0 radical (unpaired) electrons. The maximum atomic E-state index is 12.8. The average molecular weight is 292 g/mol. The lowest BCUT2D eigenvalue weighted by Crippen LogP contribution is -2.04. The number of hydrogen-bond acceptors (Lipinski definition) is 2. The highest BCUT2D eigenvalue weighted by molar-refractivity contribution is 8.71. The van der Waals surface area contributed by atoms with Gasteiger partial charge in [-0.15, -0.1) is 0 Å². The molecule has 0 aliphatic heterocycles. The Balaban J connectivity index is 2.62. The molecular formula is C12H18FOPS2. The van der Waals surface area contributed by atoms with Gasteiger partial charge >= 0.3 is 0 Å². The van der Waals surface area contributed by atoms with Crippen molar-refractivity contribution in [3.8, 4) is 0 Å². The van der Waals surface area contributed by atoms with E-state index in [1.807, 2.05) is 0 Å². The Labute approximate surface area is 112 Å². The monoisotopic (exact) mass is 292 g/mol. The van der Waals surface area contributed by atoms with Crippen LogP contribution in [0, 0.1) is 11.7 Å². The van der Waals surface area contributed by atoms with Crippen LogP contribution in [0.3, 0.4) is 0 Å². The Morgan fingerprint density at radius 1 is 1.41 bits per heavy atom. The van der Waals surface area contributed by atoms with Crippen LogP contribution >= 0.6 is 16.8 Å². The van der Waals surface area contributed by atoms with Crippen LogP contribution in [0.15, 0.2) is 24.3 Å². The normalized spacial score (nSPS) is 16.5. The van der Waals surface area contributed by atoms with E-state index < -0.39 is 5.47 Å². The summed E-state index contributed by atoms with van der Waals surface area (Å²) in [5, 5.41) is 0.683. The summed E-state index contributed by atoms with van der Waals surface area (Å²) in [4.78, 5) is 10.3. The number of halogens is 1. The third kappa shape index (κ3) is 5.09. The van der Waals surface area contributed by atoms with Crippen LogP contribution in [0.4, 0.5) is 4.39 Å². The molecule has 0 spiro atoms. The van der Waals surface area contributed by atoms with Gasteiger partial charge in [-0.05, 0) is 30.2 Å². The first kappa shape index (κ1) is 15.2. The second-order valence-corrected chi connectivity index (χ2v) is 11.0. The van der Waals surface area contributed by atoms with Crippen molar-refractivity contribution in [1.29, 1.82) is 0 Å². The third-order valence-electron chi connectivity index (χ3n) is 2.47. The van der Waals surface area contributed by atoms with Gasteiger partial charge < -0.3 is 4.89 Å². The first-order chi connectivity index (χ1) is 7.95. The van der Waals surface area contributed by atoms with Gasteiger partial charge in [0.2, 0.25) is 0 Å². The van der Waals surface area contributed by atoms with Crippen LogP contribution in [0.1, 0.15) is 26.7 Å². The van der Waals surface area contributed by atoms with Gasteiger partial charge in [0.1, 0.15) is 11.3 Å². The lowest BCUT2D eigenvalue weighted by atomic mass is 10.1. The zero-order chi connectivity index (χ0) is 12.9. The standard InChI is InChI=1S/C12H18FOPS2/c1-3-4-10(2)9-17-15(14,16)12-7-5-11(13)6-8-12/h5-8,10H,3-4,9H2,1-2H3,(H,14,16). The summed E-state index contributed by atoms with van der Waals surface area (Å²) in [5.41, 5.74) is -2.56. The molecule has 5 heteroatoms. The molecule has 1 aromatic rings. The summed E-state index contributed by atoms with van der Waals surface area (Å²) in [6.45, 7) is 4.31. The quantitative estimate of drug-likeness (QED) is 0.802. The maximum Gasteiger partial charge on any atom is 0.146 e. The summed E-state index contributed by atoms with van der Waals surface area (Å²) in [7, 11) is 0. The topological polar surface area (TPSA) is 20.2 Å². The Bertz CT molecular complexity index is 394. The first-order valence-electron chi connectivity index (χ1n) is 5.69. The first-order valence-corrected chi connectivity index (χ1v) is 10.0. The fourth-order valence-corrected chi connectivity index (χ4v) is 5.90. The minimum Gasteiger partial charge on any atom is -0.354 e. The van der Waals surface area contributed by atoms with E-state index in [0.29, 0.717) is 11.2 Å². The molecule has 0 aromatic heterocycles. The van der Waals surface area contributed by atoms with Crippen molar-refractivity contribution in [3.63, 3.8) is 0 Å². The molecule has 17 heavy (non-hydrogen) atoms. The molecule has 2 unspecified atom stereocenters. The lowest BCUT2D eigenvalue weighted by Gasteiger charge is -2.17. The van der Waals surface area contributed by atoms with E-state index in [1.165, 1.54) is 23.5 Å². The van der Waals surface area contributed by atoms with Crippen LogP contribution in [0.2, 0.25) is 0 Å². The molecule has 1 nitrogen and oxygen atoms in total. The highest BCUT2D eigenvalue weighted by atomic mass is 32.9. The van der Waals surface area contributed by atoms with Crippen molar-refractivity contribution < 1.29 is 9.28 Å². The Morgan fingerprint density at radius 2 is 2.00 bits per heavy atom. The van der Waals surface area contributed by atoms with Crippen LogP contribution in [0.25, 0.3) is 0 Å². The molecule has 0 saturated carbocycles. The summed E-state index contributed by atoms with van der Waals surface area (Å²) in [6.07, 6.45) is 2.29. The number of benzene rings is 1. The third-order valence-corrected chi connectivity index (χ3v) is 8.20. The molecule has 0 heterocycles. The molecule has 1 aromatic carbocycles. The fraction of sp³-hybridized carbons (Fsp3) is 0.500. The predicted octanol–water partition coefficient (Wildman–Crippen LogP) is 3.92. The average Bonchev–Trinajstić information content (AvgIpc) is 2.28. The van der Waals surface area contributed by atoms with E-state index in [4.69, 9.17) is 11.8 Å². The second-order valence-electron chi connectivity index (χ2n) is 4.19. The molecule has 1 N–H and O–H groups in total. The van der Waals surface area contributed by atoms with Gasteiger partial charge in [0.25, 0.3) is 0 Å². The molecular weight excluding hydrogens is 274 g/mol. The van der Waals surface area contributed by atoms with Crippen molar-refractivity contribution in [2.75, 3.05) is 5.75 Å². The van der Waals surface area contributed by atoms with E-state index in [0.717, 1.165) is 18.6 Å². The minimum absolute atomic E-state index is 0.298. The summed E-state index contributed by atoms with van der Waals surface area (Å²) < 4.78 is 12.8. The van der Waals surface area contributed by atoms with Crippen molar-refractivity contribution in [2.24, 2.45) is 5.92 Å². The van der Waals surface area contributed by atoms with Crippen LogP contribution < -0.4 is 5.30 Å². The van der Waals surface area contributed by atoms with E-state index in [-0.39, 0.29) is 5.82 Å². The van der Waals surface area contributed by atoms with Crippen molar-refractivity contribution >= 4 is 34.0 Å². The molecule has 0 bridgehead atoms. The summed E-state index contributed by atoms with van der Waals surface area (Å²) in [6, 6.07) is 5.88. The van der Waals surface area contributed by atoms with Crippen LogP contribution in [-0.4, -0.2) is 10.6 Å². The van der Waals surface area contributed by atoms with Crippen molar-refractivity contribution in [1.82, 2.24) is 0 Å². The van der Waals surface area contributed by atoms with Gasteiger partial charge in [0.15, 0.2) is 0 Å². The molecule has 0 amide bonds. The van der Waals surface area contributed by atoms with E-state index >= 15 is 0 Å². The van der Waals surface area contributed by atoms with Gasteiger partial charge in [-0.3, -0.25) is 0 Å². The Hall–Kier alpha value is 0.110. The highest BCUT2D eigenvalue weighted by Crippen LogP contribution is 2.54. The fourth-order valence-electron chi connectivity index (χ4n) is 1.51. The Morgan fingerprint density at radius 3 is 2.53 bits per heavy atom. The van der Waals surface area contributed by atoms with E-state index in [9.17, 15) is 9.28 Å². The smallest absolute Gasteiger partial charge is 0.146 e. The van der Waals surface area contributed by atoms with E-state index in [2.05, 4.69) is 13.8 Å².